The van der Waals surface area contributed by atoms with E-state index in [1.165, 1.54) is 31.7 Å². The second-order valence-corrected chi connectivity index (χ2v) is 6.66. The molecule has 0 fully saturated rings. The van der Waals surface area contributed by atoms with Crippen LogP contribution in [-0.2, 0) is 6.42 Å². The zero-order valence-electron chi connectivity index (χ0n) is 12.2. The molecule has 106 valence electrons. The minimum Gasteiger partial charge on any atom is -0.140 e. The van der Waals surface area contributed by atoms with Crippen LogP contribution in [0.25, 0.3) is 21.2 Å². The van der Waals surface area contributed by atoms with Crippen molar-refractivity contribution in [1.29, 1.82) is 0 Å². The van der Waals surface area contributed by atoms with Gasteiger partial charge in [-0.25, -0.2) is 0 Å². The van der Waals surface area contributed by atoms with Crippen molar-refractivity contribution in [3.05, 3.63) is 95.4 Å². The molecule has 0 N–H and O–H groups in total. The third kappa shape index (κ3) is 2.68. The average Bonchev–Trinajstić information content (AvgIpc) is 2.98. The fraction of sp³-hybridized carbons (Fsp3) is 0.0476. The highest BCUT2D eigenvalue weighted by Crippen LogP contribution is 2.28. The van der Waals surface area contributed by atoms with Gasteiger partial charge >= 0.3 is 0 Å². The van der Waals surface area contributed by atoms with Gasteiger partial charge in [-0.3, -0.25) is 0 Å². The summed E-state index contributed by atoms with van der Waals surface area (Å²) in [5.74, 6) is 0. The second kappa shape index (κ2) is 5.78. The van der Waals surface area contributed by atoms with Crippen LogP contribution >= 0.6 is 11.3 Å². The van der Waals surface area contributed by atoms with Gasteiger partial charge in [-0.15, -0.1) is 11.3 Å². The van der Waals surface area contributed by atoms with Crippen LogP contribution < -0.4 is 0 Å². The molecule has 0 aliphatic heterocycles. The van der Waals surface area contributed by atoms with Crippen LogP contribution in [0.2, 0.25) is 0 Å². The lowest BCUT2D eigenvalue weighted by Crippen LogP contribution is -1.85. The monoisotopic (exact) mass is 300 g/mol. The maximum Gasteiger partial charge on any atom is 0.0345 e. The molecule has 0 nitrogen and oxygen atoms in total. The Hall–Kier alpha value is -2.38. The fourth-order valence-electron chi connectivity index (χ4n) is 2.77. The normalized spacial score (nSPS) is 10.9. The van der Waals surface area contributed by atoms with E-state index in [0.717, 1.165) is 6.42 Å². The van der Waals surface area contributed by atoms with Gasteiger partial charge in [0, 0.05) is 16.0 Å². The summed E-state index contributed by atoms with van der Waals surface area (Å²) in [5.41, 5.74) is 3.92. The molecular weight excluding hydrogens is 284 g/mol. The predicted molar refractivity (Wildman–Crippen MR) is 96.5 cm³/mol. The van der Waals surface area contributed by atoms with Crippen molar-refractivity contribution < 1.29 is 0 Å². The first kappa shape index (κ1) is 13.3. The second-order valence-electron chi connectivity index (χ2n) is 5.49. The van der Waals surface area contributed by atoms with Gasteiger partial charge in [-0.2, -0.15) is 0 Å². The third-order valence-corrected chi connectivity index (χ3v) is 5.03. The smallest absolute Gasteiger partial charge is 0.0345 e. The van der Waals surface area contributed by atoms with Crippen molar-refractivity contribution in [3.8, 4) is 11.1 Å². The maximum atomic E-state index is 2.31. The molecule has 1 heteroatoms. The van der Waals surface area contributed by atoms with Crippen LogP contribution in [0.1, 0.15) is 10.4 Å². The summed E-state index contributed by atoms with van der Waals surface area (Å²) < 4.78 is 1.37. The number of hydrogen-bond donors (Lipinski definition) is 0. The van der Waals surface area contributed by atoms with Crippen LogP contribution in [0.3, 0.4) is 0 Å². The third-order valence-electron chi connectivity index (χ3n) is 3.92. The Kier molecular flexibility index (Phi) is 3.49. The molecule has 0 aliphatic rings. The van der Waals surface area contributed by atoms with Crippen LogP contribution in [0.5, 0.6) is 0 Å². The first-order valence-corrected chi connectivity index (χ1v) is 8.32. The molecule has 1 aromatic heterocycles. The molecule has 0 bridgehead atoms. The van der Waals surface area contributed by atoms with E-state index in [0.29, 0.717) is 0 Å². The van der Waals surface area contributed by atoms with Crippen LogP contribution in [-0.4, -0.2) is 0 Å². The number of fused-ring (bicyclic) bond motifs is 1. The number of rotatable bonds is 3. The van der Waals surface area contributed by atoms with Gasteiger partial charge in [0.15, 0.2) is 0 Å². The van der Waals surface area contributed by atoms with E-state index in [-0.39, 0.29) is 0 Å². The van der Waals surface area contributed by atoms with Gasteiger partial charge in [0.2, 0.25) is 0 Å². The summed E-state index contributed by atoms with van der Waals surface area (Å²) in [6, 6.07) is 30.4. The lowest BCUT2D eigenvalue weighted by atomic mass is 10.0. The largest absolute Gasteiger partial charge is 0.140 e. The molecule has 0 saturated heterocycles. The molecule has 0 unspecified atom stereocenters. The van der Waals surface area contributed by atoms with Crippen molar-refractivity contribution >= 4 is 21.4 Å². The highest BCUT2D eigenvalue weighted by atomic mass is 32.1. The lowest BCUT2D eigenvalue weighted by Gasteiger charge is -2.03. The zero-order chi connectivity index (χ0) is 14.8. The minimum atomic E-state index is 1.01. The lowest BCUT2D eigenvalue weighted by molar-refractivity contribution is 1.24. The maximum absolute atomic E-state index is 2.31. The van der Waals surface area contributed by atoms with Gasteiger partial charge in [0.1, 0.15) is 0 Å². The van der Waals surface area contributed by atoms with Gasteiger partial charge in [-0.05, 0) is 34.2 Å². The predicted octanol–water partition coefficient (Wildman–Crippen LogP) is 6.16. The molecule has 0 saturated carbocycles. The highest BCUT2D eigenvalue weighted by molar-refractivity contribution is 7.19. The number of thiophene rings is 1. The topological polar surface area (TPSA) is 0 Å². The standard InChI is InChI=1S/C21H16S/c1-2-6-17(7-3-1)18-12-10-16(11-13-18)14-20-15-19-8-4-5-9-21(19)22-20/h1-13,15H,14H2. The van der Waals surface area contributed by atoms with Crippen molar-refractivity contribution in [2.45, 2.75) is 6.42 Å². The van der Waals surface area contributed by atoms with E-state index in [1.807, 2.05) is 11.3 Å². The van der Waals surface area contributed by atoms with E-state index in [9.17, 15) is 0 Å². The number of benzene rings is 3. The molecule has 0 atom stereocenters. The van der Waals surface area contributed by atoms with Crippen LogP contribution in [0, 0.1) is 0 Å². The summed E-state index contributed by atoms with van der Waals surface area (Å²) in [6.45, 7) is 0. The molecular formula is C21H16S. The van der Waals surface area contributed by atoms with Gasteiger partial charge < -0.3 is 0 Å². The first-order valence-electron chi connectivity index (χ1n) is 7.50. The Balaban J connectivity index is 1.58. The van der Waals surface area contributed by atoms with E-state index in [2.05, 4.69) is 84.9 Å². The van der Waals surface area contributed by atoms with E-state index < -0.39 is 0 Å². The van der Waals surface area contributed by atoms with Crippen LogP contribution in [0.15, 0.2) is 84.9 Å². The molecule has 0 aliphatic carbocycles. The van der Waals surface area contributed by atoms with Crippen molar-refractivity contribution in [2.24, 2.45) is 0 Å². The van der Waals surface area contributed by atoms with E-state index >= 15 is 0 Å². The summed E-state index contributed by atoms with van der Waals surface area (Å²) in [5, 5.41) is 1.35. The summed E-state index contributed by atoms with van der Waals surface area (Å²) in [7, 11) is 0. The van der Waals surface area contributed by atoms with E-state index in [4.69, 9.17) is 0 Å². The molecule has 0 radical (unpaired) electrons. The van der Waals surface area contributed by atoms with Gasteiger partial charge in [0.05, 0.1) is 0 Å². The molecule has 4 aromatic rings. The highest BCUT2D eigenvalue weighted by Gasteiger charge is 2.03. The SMILES string of the molecule is c1ccc(-c2ccc(Cc3cc4ccccc4s3)cc2)cc1. The Morgan fingerprint density at radius 3 is 2.09 bits per heavy atom. The van der Waals surface area contributed by atoms with E-state index in [1.54, 1.807) is 0 Å². The summed E-state index contributed by atoms with van der Waals surface area (Å²) in [6.07, 6.45) is 1.01. The Morgan fingerprint density at radius 1 is 0.636 bits per heavy atom. The zero-order valence-corrected chi connectivity index (χ0v) is 13.0. The van der Waals surface area contributed by atoms with Gasteiger partial charge in [-0.1, -0.05) is 72.8 Å². The molecule has 4 rings (SSSR count). The van der Waals surface area contributed by atoms with Crippen molar-refractivity contribution in [1.82, 2.24) is 0 Å². The summed E-state index contributed by atoms with van der Waals surface area (Å²) in [4.78, 5) is 1.42. The van der Waals surface area contributed by atoms with Crippen molar-refractivity contribution in [3.63, 3.8) is 0 Å². The Bertz CT molecular complexity index is 853. The summed E-state index contributed by atoms with van der Waals surface area (Å²) >= 11 is 1.89. The quantitative estimate of drug-likeness (QED) is 0.425. The van der Waals surface area contributed by atoms with Gasteiger partial charge in [0.25, 0.3) is 0 Å². The molecule has 0 amide bonds. The molecule has 3 aromatic carbocycles. The minimum absolute atomic E-state index is 1.01. The Labute approximate surface area is 134 Å². The first-order chi connectivity index (χ1) is 10.9. The fourth-order valence-corrected chi connectivity index (χ4v) is 3.87. The molecule has 0 spiro atoms. The average molecular weight is 300 g/mol. The number of hydrogen-bond acceptors (Lipinski definition) is 1. The Morgan fingerprint density at radius 2 is 1.32 bits per heavy atom. The molecule has 1 heterocycles. The van der Waals surface area contributed by atoms with Crippen LogP contribution in [0.4, 0.5) is 0 Å². The van der Waals surface area contributed by atoms with Crippen molar-refractivity contribution in [2.75, 3.05) is 0 Å². The molecule has 22 heavy (non-hydrogen) atoms.